The lowest BCUT2D eigenvalue weighted by Gasteiger charge is -2.26. The summed E-state index contributed by atoms with van der Waals surface area (Å²) < 4.78 is 0. The van der Waals surface area contributed by atoms with Crippen LogP contribution in [0.25, 0.3) is 0 Å². The summed E-state index contributed by atoms with van der Waals surface area (Å²) in [6, 6.07) is 5.08. The van der Waals surface area contributed by atoms with Gasteiger partial charge in [-0.15, -0.1) is 0 Å². The molecule has 1 saturated heterocycles. The summed E-state index contributed by atoms with van der Waals surface area (Å²) in [5.74, 6) is -0.583. The van der Waals surface area contributed by atoms with Crippen LogP contribution in [0, 0.1) is 0 Å². The molecule has 7 heteroatoms. The van der Waals surface area contributed by atoms with Crippen molar-refractivity contribution in [2.45, 2.75) is 19.4 Å². The third-order valence-electron chi connectivity index (χ3n) is 3.48. The Morgan fingerprint density at radius 3 is 2.81 bits per heavy atom. The Morgan fingerprint density at radius 1 is 1.48 bits per heavy atom. The van der Waals surface area contributed by atoms with Crippen molar-refractivity contribution >= 4 is 17.8 Å². The maximum atomic E-state index is 12.2. The van der Waals surface area contributed by atoms with Crippen molar-refractivity contribution in [3.05, 3.63) is 30.1 Å². The molecule has 0 radical (unpaired) electrons. The first-order valence-corrected chi connectivity index (χ1v) is 6.71. The average Bonchev–Trinajstić information content (AvgIpc) is 2.77. The largest absolute Gasteiger partial charge is 0.341 e. The molecule has 0 aliphatic carbocycles. The first kappa shape index (κ1) is 15.0. The van der Waals surface area contributed by atoms with Crippen LogP contribution in [0.5, 0.6) is 0 Å². The van der Waals surface area contributed by atoms with E-state index >= 15 is 0 Å². The highest BCUT2D eigenvalue weighted by molar-refractivity contribution is 6.03. The molecule has 1 aliphatic rings. The van der Waals surface area contributed by atoms with Gasteiger partial charge in [-0.05, 0) is 19.1 Å². The van der Waals surface area contributed by atoms with E-state index in [2.05, 4.69) is 10.3 Å². The van der Waals surface area contributed by atoms with Crippen molar-refractivity contribution in [1.29, 1.82) is 0 Å². The maximum absolute atomic E-state index is 12.2. The fourth-order valence-corrected chi connectivity index (χ4v) is 2.09. The van der Waals surface area contributed by atoms with Gasteiger partial charge in [0.05, 0.1) is 0 Å². The molecule has 0 spiro atoms. The number of rotatable bonds is 5. The van der Waals surface area contributed by atoms with E-state index in [1.54, 1.807) is 18.1 Å². The van der Waals surface area contributed by atoms with Crippen LogP contribution in [0.1, 0.15) is 12.6 Å². The summed E-state index contributed by atoms with van der Waals surface area (Å²) in [6.45, 7) is 1.76. The molecule has 112 valence electrons. The zero-order chi connectivity index (χ0) is 15.4. The molecule has 1 N–H and O–H groups in total. The molecule has 2 rings (SSSR count). The molecule has 7 nitrogen and oxygen atoms in total. The van der Waals surface area contributed by atoms with Crippen molar-refractivity contribution in [1.82, 2.24) is 20.1 Å². The highest BCUT2D eigenvalue weighted by atomic mass is 16.2. The number of likely N-dealkylation sites (N-methyl/N-ethyl adjacent to an activating group) is 1. The molecule has 1 aromatic heterocycles. The number of nitrogens with zero attached hydrogens (tertiary/aromatic N) is 3. The van der Waals surface area contributed by atoms with E-state index in [4.69, 9.17) is 0 Å². The number of pyridine rings is 1. The minimum atomic E-state index is -0.515. The van der Waals surface area contributed by atoms with Gasteiger partial charge in [-0.1, -0.05) is 6.07 Å². The zero-order valence-electron chi connectivity index (χ0n) is 12.1. The number of hydrogen-bond donors (Lipinski definition) is 1. The standard InChI is InChI=1S/C14H18N4O3/c1-10(7-11-5-3-4-6-15-11)17(2)13(20)9-18-8-12(19)16-14(18)21/h3-6,10H,7-9H2,1-2H3,(H,16,19,21)/t10-/m1/s1. The molecule has 4 amide bonds. The average molecular weight is 290 g/mol. The van der Waals surface area contributed by atoms with Gasteiger partial charge < -0.3 is 9.80 Å². The lowest BCUT2D eigenvalue weighted by atomic mass is 10.1. The van der Waals surface area contributed by atoms with E-state index in [1.165, 1.54) is 4.90 Å². The van der Waals surface area contributed by atoms with Crippen LogP contribution in [-0.2, 0) is 16.0 Å². The van der Waals surface area contributed by atoms with Crippen LogP contribution in [0.15, 0.2) is 24.4 Å². The van der Waals surface area contributed by atoms with Gasteiger partial charge in [0.25, 0.3) is 0 Å². The maximum Gasteiger partial charge on any atom is 0.325 e. The van der Waals surface area contributed by atoms with Crippen LogP contribution < -0.4 is 5.32 Å². The second-order valence-electron chi connectivity index (χ2n) is 5.09. The quantitative estimate of drug-likeness (QED) is 0.775. The second-order valence-corrected chi connectivity index (χ2v) is 5.09. The van der Waals surface area contributed by atoms with Gasteiger partial charge in [-0.2, -0.15) is 0 Å². The molecule has 1 fully saturated rings. The lowest BCUT2D eigenvalue weighted by Crippen LogP contribution is -2.44. The molecular formula is C14H18N4O3. The van der Waals surface area contributed by atoms with Crippen molar-refractivity contribution < 1.29 is 14.4 Å². The number of urea groups is 1. The Labute approximate surface area is 122 Å². The van der Waals surface area contributed by atoms with E-state index in [0.717, 1.165) is 5.69 Å². The van der Waals surface area contributed by atoms with Crippen molar-refractivity contribution in [2.24, 2.45) is 0 Å². The molecule has 0 aromatic carbocycles. The number of hydrogen-bond acceptors (Lipinski definition) is 4. The van der Waals surface area contributed by atoms with Crippen LogP contribution >= 0.6 is 0 Å². The smallest absolute Gasteiger partial charge is 0.325 e. The third kappa shape index (κ3) is 3.77. The summed E-state index contributed by atoms with van der Waals surface area (Å²) in [7, 11) is 1.69. The summed E-state index contributed by atoms with van der Waals surface area (Å²) in [5.41, 5.74) is 0.902. The van der Waals surface area contributed by atoms with Crippen molar-refractivity contribution in [2.75, 3.05) is 20.1 Å². The molecule has 2 heterocycles. The van der Waals surface area contributed by atoms with Crippen LogP contribution in [0.3, 0.4) is 0 Å². The molecule has 1 aliphatic heterocycles. The monoisotopic (exact) mass is 290 g/mol. The van der Waals surface area contributed by atoms with Crippen LogP contribution in [0.4, 0.5) is 4.79 Å². The van der Waals surface area contributed by atoms with E-state index in [0.29, 0.717) is 6.42 Å². The number of imide groups is 1. The summed E-state index contributed by atoms with van der Waals surface area (Å²) in [5, 5.41) is 2.15. The Balaban J connectivity index is 1.89. The Hall–Kier alpha value is -2.44. The minimum absolute atomic E-state index is 0.0474. The topological polar surface area (TPSA) is 82.6 Å². The molecular weight excluding hydrogens is 272 g/mol. The molecule has 0 unspecified atom stereocenters. The van der Waals surface area contributed by atoms with Crippen molar-refractivity contribution in [3.8, 4) is 0 Å². The summed E-state index contributed by atoms with van der Waals surface area (Å²) >= 11 is 0. The SMILES string of the molecule is C[C@H](Cc1ccccn1)N(C)C(=O)CN1CC(=O)NC1=O. The lowest BCUT2D eigenvalue weighted by molar-refractivity contribution is -0.132. The Bertz CT molecular complexity index is 546. The van der Waals surface area contributed by atoms with Gasteiger partial charge in [0, 0.05) is 31.4 Å². The Morgan fingerprint density at radius 2 is 2.24 bits per heavy atom. The van der Waals surface area contributed by atoms with Gasteiger partial charge in [-0.25, -0.2) is 4.79 Å². The van der Waals surface area contributed by atoms with Gasteiger partial charge in [0.2, 0.25) is 11.8 Å². The number of carbonyl (C=O) groups is 3. The third-order valence-corrected chi connectivity index (χ3v) is 3.48. The predicted octanol–water partition coefficient (Wildman–Crippen LogP) is 0.0228. The van der Waals surface area contributed by atoms with Crippen LogP contribution in [-0.4, -0.2) is 58.8 Å². The second kappa shape index (κ2) is 6.34. The molecule has 0 bridgehead atoms. The van der Waals surface area contributed by atoms with Crippen molar-refractivity contribution in [3.63, 3.8) is 0 Å². The number of amides is 4. The van der Waals surface area contributed by atoms with E-state index in [-0.39, 0.29) is 30.9 Å². The van der Waals surface area contributed by atoms with Gasteiger partial charge in [0.1, 0.15) is 13.1 Å². The zero-order valence-corrected chi connectivity index (χ0v) is 12.1. The number of aromatic nitrogens is 1. The normalized spacial score (nSPS) is 15.8. The molecule has 21 heavy (non-hydrogen) atoms. The van der Waals surface area contributed by atoms with Gasteiger partial charge in [0.15, 0.2) is 0 Å². The number of nitrogens with one attached hydrogen (secondary N) is 1. The minimum Gasteiger partial charge on any atom is -0.341 e. The molecule has 0 saturated carbocycles. The first-order chi connectivity index (χ1) is 9.97. The first-order valence-electron chi connectivity index (χ1n) is 6.71. The fraction of sp³-hybridized carbons (Fsp3) is 0.429. The predicted molar refractivity (Wildman–Crippen MR) is 75.3 cm³/mol. The highest BCUT2D eigenvalue weighted by Gasteiger charge is 2.29. The van der Waals surface area contributed by atoms with Gasteiger partial charge in [-0.3, -0.25) is 19.9 Å². The highest BCUT2D eigenvalue weighted by Crippen LogP contribution is 2.07. The van der Waals surface area contributed by atoms with E-state index < -0.39 is 6.03 Å². The molecule has 1 aromatic rings. The van der Waals surface area contributed by atoms with Crippen LogP contribution in [0.2, 0.25) is 0 Å². The Kier molecular flexibility index (Phi) is 4.52. The van der Waals surface area contributed by atoms with E-state index in [1.807, 2.05) is 25.1 Å². The summed E-state index contributed by atoms with van der Waals surface area (Å²) in [6.07, 6.45) is 2.35. The van der Waals surface area contributed by atoms with Gasteiger partial charge >= 0.3 is 6.03 Å². The molecule has 1 atom stereocenters. The summed E-state index contributed by atoms with van der Waals surface area (Å²) in [4.78, 5) is 41.7. The van der Waals surface area contributed by atoms with E-state index in [9.17, 15) is 14.4 Å². The fourth-order valence-electron chi connectivity index (χ4n) is 2.09. The number of carbonyl (C=O) groups excluding carboxylic acids is 3.